The Kier molecular flexibility index (Phi) is 7.85. The SMILES string of the molecule is CN(C)[C@H]1C[C@@H](c2cccc(C3COC3)c2)CC[C@@H]1Nc1cc(F)c(S(=O)(=O)Nc2ccncn2)cc1Cl. The molecule has 1 aliphatic carbocycles. The van der Waals surface area contributed by atoms with Crippen LogP contribution in [0.25, 0.3) is 0 Å². The highest BCUT2D eigenvalue weighted by Gasteiger charge is 2.34. The van der Waals surface area contributed by atoms with Crippen molar-refractivity contribution < 1.29 is 17.5 Å². The summed E-state index contributed by atoms with van der Waals surface area (Å²) in [5.41, 5.74) is 3.05. The molecule has 0 bridgehead atoms. The number of ether oxygens (including phenoxy) is 1. The van der Waals surface area contributed by atoms with Gasteiger partial charge in [0.2, 0.25) is 0 Å². The maximum absolute atomic E-state index is 15.1. The van der Waals surface area contributed by atoms with E-state index in [0.717, 1.165) is 44.6 Å². The van der Waals surface area contributed by atoms with Crippen LogP contribution >= 0.6 is 11.6 Å². The van der Waals surface area contributed by atoms with Crippen molar-refractivity contribution in [3.05, 3.63) is 77.0 Å². The van der Waals surface area contributed by atoms with Crippen molar-refractivity contribution in [1.82, 2.24) is 14.9 Å². The van der Waals surface area contributed by atoms with Gasteiger partial charge in [-0.05, 0) is 68.6 Å². The highest BCUT2D eigenvalue weighted by Crippen LogP contribution is 2.39. The number of benzene rings is 2. The summed E-state index contributed by atoms with van der Waals surface area (Å²) < 4.78 is 48.3. The Morgan fingerprint density at radius 1 is 1.08 bits per heavy atom. The van der Waals surface area contributed by atoms with Gasteiger partial charge in [0, 0.05) is 24.2 Å². The van der Waals surface area contributed by atoms with Gasteiger partial charge in [0.05, 0.1) is 23.9 Å². The number of anilines is 2. The fraction of sp³-hybridized carbons (Fsp3) is 0.407. The zero-order valence-electron chi connectivity index (χ0n) is 21.3. The minimum absolute atomic E-state index is 0.0166. The van der Waals surface area contributed by atoms with Gasteiger partial charge in [0.15, 0.2) is 0 Å². The van der Waals surface area contributed by atoms with Crippen LogP contribution in [0.15, 0.2) is 59.9 Å². The third kappa shape index (κ3) is 5.78. The van der Waals surface area contributed by atoms with E-state index in [1.807, 2.05) is 14.1 Å². The Balaban J connectivity index is 1.31. The second-order valence-electron chi connectivity index (χ2n) is 10.2. The molecule has 1 aliphatic heterocycles. The lowest BCUT2D eigenvalue weighted by molar-refractivity contribution is 0.00837. The summed E-state index contributed by atoms with van der Waals surface area (Å²) in [6.45, 7) is 1.57. The quantitative estimate of drug-likeness (QED) is 0.407. The fourth-order valence-electron chi connectivity index (χ4n) is 5.27. The average molecular weight is 560 g/mol. The van der Waals surface area contributed by atoms with E-state index in [4.69, 9.17) is 16.3 Å². The maximum atomic E-state index is 15.1. The first-order valence-electron chi connectivity index (χ1n) is 12.6. The molecule has 5 rings (SSSR count). The Bertz CT molecular complexity index is 1390. The van der Waals surface area contributed by atoms with E-state index in [1.54, 1.807) is 0 Å². The number of hydrogen-bond donors (Lipinski definition) is 2. The second kappa shape index (κ2) is 11.1. The highest BCUT2D eigenvalue weighted by atomic mass is 35.5. The second-order valence-corrected chi connectivity index (χ2v) is 12.2. The van der Waals surface area contributed by atoms with E-state index in [2.05, 4.69) is 49.2 Å². The first-order chi connectivity index (χ1) is 18.2. The van der Waals surface area contributed by atoms with Crippen LogP contribution in [-0.4, -0.2) is 62.7 Å². The van der Waals surface area contributed by atoms with Crippen molar-refractivity contribution in [2.75, 3.05) is 37.3 Å². The fourth-order valence-corrected chi connectivity index (χ4v) is 6.65. The number of sulfonamides is 1. The Hall–Kier alpha value is -2.79. The minimum Gasteiger partial charge on any atom is -0.380 e. The van der Waals surface area contributed by atoms with Crippen LogP contribution in [0, 0.1) is 5.82 Å². The van der Waals surface area contributed by atoms with Crippen molar-refractivity contribution >= 4 is 33.1 Å². The predicted octanol–water partition coefficient (Wildman–Crippen LogP) is 4.86. The van der Waals surface area contributed by atoms with Gasteiger partial charge >= 0.3 is 0 Å². The van der Waals surface area contributed by atoms with Crippen molar-refractivity contribution in [2.45, 2.75) is 48.1 Å². The van der Waals surface area contributed by atoms with Crippen LogP contribution in [0.1, 0.15) is 42.2 Å². The van der Waals surface area contributed by atoms with E-state index in [1.165, 1.54) is 29.7 Å². The molecule has 2 aromatic carbocycles. The van der Waals surface area contributed by atoms with Crippen LogP contribution < -0.4 is 10.0 Å². The number of nitrogens with zero attached hydrogens (tertiary/aromatic N) is 3. The van der Waals surface area contributed by atoms with E-state index >= 15 is 4.39 Å². The summed E-state index contributed by atoms with van der Waals surface area (Å²) in [6.07, 6.45) is 5.35. The molecule has 202 valence electrons. The van der Waals surface area contributed by atoms with Crippen molar-refractivity contribution in [1.29, 1.82) is 0 Å². The third-order valence-corrected chi connectivity index (χ3v) is 9.13. The molecular weight excluding hydrogens is 529 g/mol. The summed E-state index contributed by atoms with van der Waals surface area (Å²) in [6, 6.07) is 12.7. The van der Waals surface area contributed by atoms with Gasteiger partial charge in [0.1, 0.15) is 22.9 Å². The third-order valence-electron chi connectivity index (χ3n) is 7.44. The van der Waals surface area contributed by atoms with Gasteiger partial charge in [-0.2, -0.15) is 0 Å². The van der Waals surface area contributed by atoms with Gasteiger partial charge in [-0.1, -0.05) is 35.9 Å². The topological polar surface area (TPSA) is 96.5 Å². The molecule has 1 saturated carbocycles. The molecule has 2 aliphatic rings. The van der Waals surface area contributed by atoms with Crippen LogP contribution in [-0.2, 0) is 14.8 Å². The van der Waals surface area contributed by atoms with Crippen molar-refractivity contribution in [3.8, 4) is 0 Å². The van der Waals surface area contributed by atoms with E-state index in [-0.39, 0.29) is 22.9 Å². The molecule has 2 heterocycles. The molecule has 11 heteroatoms. The Morgan fingerprint density at radius 2 is 1.84 bits per heavy atom. The maximum Gasteiger partial charge on any atom is 0.266 e. The van der Waals surface area contributed by atoms with E-state index < -0.39 is 20.7 Å². The number of hydrogen-bond acceptors (Lipinski definition) is 7. The van der Waals surface area contributed by atoms with E-state index in [0.29, 0.717) is 17.5 Å². The molecule has 0 radical (unpaired) electrons. The predicted molar refractivity (Wildman–Crippen MR) is 146 cm³/mol. The summed E-state index contributed by atoms with van der Waals surface area (Å²) in [4.78, 5) is 9.21. The van der Waals surface area contributed by atoms with Gasteiger partial charge in [0.25, 0.3) is 10.0 Å². The normalized spacial score (nSPS) is 22.2. The van der Waals surface area contributed by atoms with Crippen molar-refractivity contribution in [2.24, 2.45) is 0 Å². The highest BCUT2D eigenvalue weighted by molar-refractivity contribution is 7.92. The molecule has 1 saturated heterocycles. The van der Waals surface area contributed by atoms with Gasteiger partial charge in [-0.25, -0.2) is 22.8 Å². The van der Waals surface area contributed by atoms with E-state index in [9.17, 15) is 8.42 Å². The summed E-state index contributed by atoms with van der Waals surface area (Å²) in [5, 5.41) is 3.53. The molecule has 0 spiro atoms. The largest absolute Gasteiger partial charge is 0.380 e. The first-order valence-corrected chi connectivity index (χ1v) is 14.5. The molecule has 3 atom stereocenters. The molecule has 0 unspecified atom stereocenters. The summed E-state index contributed by atoms with van der Waals surface area (Å²) >= 11 is 6.48. The molecule has 38 heavy (non-hydrogen) atoms. The zero-order chi connectivity index (χ0) is 26.9. The first kappa shape index (κ1) is 26.8. The van der Waals surface area contributed by atoms with Crippen LogP contribution in [0.4, 0.5) is 15.9 Å². The van der Waals surface area contributed by atoms with Crippen LogP contribution in [0.2, 0.25) is 5.02 Å². The Labute approximate surface area is 227 Å². The summed E-state index contributed by atoms with van der Waals surface area (Å²) in [7, 11) is -0.145. The standard InChI is InChI=1S/C27H31ClFN5O3S/c1-34(2)25-11-19(17-4-3-5-18(10-17)20-14-37-15-20)6-7-23(25)32-24-13-22(29)26(12-21(24)28)38(35,36)33-27-8-9-30-16-31-27/h3-5,8-10,12-13,16,19-20,23,25,32H,6-7,11,14-15H2,1-2H3,(H,30,31,33)/t19-,23-,25-/m0/s1. The molecular formula is C27H31ClFN5O3S. The average Bonchev–Trinajstić information content (AvgIpc) is 2.85. The molecule has 2 fully saturated rings. The number of aromatic nitrogens is 2. The minimum atomic E-state index is -4.23. The molecule has 2 N–H and O–H groups in total. The number of halogens is 2. The lowest BCUT2D eigenvalue weighted by atomic mass is 9.77. The van der Waals surface area contributed by atoms with Gasteiger partial charge in [-0.3, -0.25) is 4.72 Å². The van der Waals surface area contributed by atoms with Gasteiger partial charge in [-0.15, -0.1) is 0 Å². The van der Waals surface area contributed by atoms with Crippen molar-refractivity contribution in [3.63, 3.8) is 0 Å². The Morgan fingerprint density at radius 3 is 2.50 bits per heavy atom. The lowest BCUT2D eigenvalue weighted by Crippen LogP contribution is -2.47. The number of nitrogens with one attached hydrogen (secondary N) is 2. The zero-order valence-corrected chi connectivity index (χ0v) is 22.8. The smallest absolute Gasteiger partial charge is 0.266 e. The molecule has 8 nitrogen and oxygen atoms in total. The monoisotopic (exact) mass is 559 g/mol. The lowest BCUT2D eigenvalue weighted by Gasteiger charge is -2.41. The molecule has 0 amide bonds. The number of rotatable bonds is 8. The van der Waals surface area contributed by atoms with Gasteiger partial charge < -0.3 is 15.0 Å². The summed E-state index contributed by atoms with van der Waals surface area (Å²) in [5.74, 6) is 0.0341. The van der Waals surface area contributed by atoms with Crippen LogP contribution in [0.3, 0.4) is 0 Å². The molecule has 3 aromatic rings. The van der Waals surface area contributed by atoms with Crippen LogP contribution in [0.5, 0.6) is 0 Å². The molecule has 1 aromatic heterocycles. The number of likely N-dealkylation sites (N-methyl/N-ethyl adjacent to an activating group) is 1.